The molecule has 0 unspecified atom stereocenters. The monoisotopic (exact) mass is 385 g/mol. The van der Waals surface area contributed by atoms with E-state index in [1.54, 1.807) is 23.9 Å². The molecule has 4 rings (SSSR count). The molecule has 2 aromatic carbocycles. The molecule has 3 aromatic rings. The molecule has 146 valence electrons. The molecule has 0 atom stereocenters. The quantitative estimate of drug-likeness (QED) is 0.549. The lowest BCUT2D eigenvalue weighted by Crippen LogP contribution is -2.25. The minimum Gasteiger partial charge on any atom is -0.361 e. The Balaban J connectivity index is 1.95. The topological polar surface area (TPSA) is 73.2 Å². The minimum atomic E-state index is -0.0579. The number of benzene rings is 2. The Hall–Kier alpha value is -3.54. The van der Waals surface area contributed by atoms with Crippen molar-refractivity contribution in [2.45, 2.75) is 20.3 Å². The van der Waals surface area contributed by atoms with Gasteiger partial charge >= 0.3 is 0 Å². The van der Waals surface area contributed by atoms with Crippen LogP contribution in [0.4, 0.5) is 11.5 Å². The fraction of sp³-hybridized carbons (Fsp3) is 0.217. The number of carbonyl (C=O) groups excluding carboxylic acids is 1. The lowest BCUT2D eigenvalue weighted by Gasteiger charge is -2.21. The van der Waals surface area contributed by atoms with E-state index in [9.17, 15) is 4.79 Å². The summed E-state index contributed by atoms with van der Waals surface area (Å²) < 4.78 is 0. The number of nitrogens with zero attached hydrogens (tertiary/aromatic N) is 4. The Morgan fingerprint density at radius 2 is 1.72 bits per heavy atom. The third-order valence-corrected chi connectivity index (χ3v) is 5.11. The van der Waals surface area contributed by atoms with Crippen molar-refractivity contribution >= 4 is 23.2 Å². The molecular formula is C23H23N5O. The molecule has 29 heavy (non-hydrogen) atoms. The zero-order valence-electron chi connectivity index (χ0n) is 17.0. The van der Waals surface area contributed by atoms with Crippen LogP contribution in [0.5, 0.6) is 0 Å². The van der Waals surface area contributed by atoms with Crippen molar-refractivity contribution in [2.24, 2.45) is 0 Å². The number of carbonyl (C=O) groups is 1. The van der Waals surface area contributed by atoms with Gasteiger partial charge in [-0.1, -0.05) is 48.0 Å². The smallest absolute Gasteiger partial charge is 0.237 e. The Kier molecular flexibility index (Phi) is 4.62. The van der Waals surface area contributed by atoms with E-state index < -0.39 is 0 Å². The van der Waals surface area contributed by atoms with Crippen LogP contribution in [0.2, 0.25) is 0 Å². The number of amides is 1. The van der Waals surface area contributed by atoms with Gasteiger partial charge in [0.25, 0.3) is 0 Å². The van der Waals surface area contributed by atoms with Gasteiger partial charge in [0, 0.05) is 25.2 Å². The van der Waals surface area contributed by atoms with Gasteiger partial charge in [-0.05, 0) is 25.5 Å². The Bertz CT molecular complexity index is 1120. The Morgan fingerprint density at radius 3 is 2.38 bits per heavy atom. The maximum Gasteiger partial charge on any atom is 0.237 e. The van der Waals surface area contributed by atoms with E-state index in [1.807, 2.05) is 62.4 Å². The molecule has 1 aliphatic heterocycles. The standard InChI is InChI=1S/C23H23N5O/c1-14-9-11-16(12-10-14)22-25-20(21(24)27(3)4)17-13-19(29)28(23(17)26-22)18-8-6-5-7-15(18)2/h5-12,24H,13H2,1-4H3. The first-order valence-electron chi connectivity index (χ1n) is 9.49. The lowest BCUT2D eigenvalue weighted by atomic mass is 10.1. The van der Waals surface area contributed by atoms with Gasteiger partial charge in [0.2, 0.25) is 5.91 Å². The molecule has 0 saturated carbocycles. The summed E-state index contributed by atoms with van der Waals surface area (Å²) in [7, 11) is 3.61. The first-order chi connectivity index (χ1) is 13.9. The molecule has 0 saturated heterocycles. The van der Waals surface area contributed by atoms with Gasteiger partial charge in [-0.25, -0.2) is 9.97 Å². The van der Waals surface area contributed by atoms with Gasteiger partial charge in [-0.2, -0.15) is 0 Å². The number of rotatable bonds is 3. The number of nitrogens with one attached hydrogen (secondary N) is 1. The summed E-state index contributed by atoms with van der Waals surface area (Å²) in [5, 5.41) is 8.53. The summed E-state index contributed by atoms with van der Waals surface area (Å²) in [6, 6.07) is 15.7. The number of para-hydroxylation sites is 1. The van der Waals surface area contributed by atoms with Crippen LogP contribution in [0, 0.1) is 19.3 Å². The molecule has 0 fully saturated rings. The van der Waals surface area contributed by atoms with E-state index in [2.05, 4.69) is 0 Å². The largest absolute Gasteiger partial charge is 0.361 e. The molecule has 6 heteroatoms. The van der Waals surface area contributed by atoms with Crippen LogP contribution >= 0.6 is 0 Å². The van der Waals surface area contributed by atoms with E-state index in [0.29, 0.717) is 22.9 Å². The van der Waals surface area contributed by atoms with E-state index in [0.717, 1.165) is 22.4 Å². The fourth-order valence-corrected chi connectivity index (χ4v) is 3.47. The number of anilines is 2. The highest BCUT2D eigenvalue weighted by atomic mass is 16.2. The molecule has 0 aliphatic carbocycles. The fourth-order valence-electron chi connectivity index (χ4n) is 3.47. The summed E-state index contributed by atoms with van der Waals surface area (Å²) in [5.41, 5.74) is 5.01. The van der Waals surface area contributed by atoms with Crippen LogP contribution in [0.1, 0.15) is 22.4 Å². The molecule has 1 N–H and O–H groups in total. The van der Waals surface area contributed by atoms with E-state index >= 15 is 0 Å². The first kappa shape index (κ1) is 18.8. The normalized spacial score (nSPS) is 12.8. The Morgan fingerprint density at radius 1 is 1.03 bits per heavy atom. The van der Waals surface area contributed by atoms with Crippen LogP contribution in [-0.4, -0.2) is 40.7 Å². The summed E-state index contributed by atoms with van der Waals surface area (Å²) in [5.74, 6) is 1.28. The molecule has 1 amide bonds. The number of hydrogen-bond acceptors (Lipinski definition) is 4. The van der Waals surface area contributed by atoms with Crippen molar-refractivity contribution in [3.05, 3.63) is 70.9 Å². The average molecular weight is 385 g/mol. The van der Waals surface area contributed by atoms with Crippen molar-refractivity contribution in [1.29, 1.82) is 5.41 Å². The van der Waals surface area contributed by atoms with E-state index in [4.69, 9.17) is 15.4 Å². The van der Waals surface area contributed by atoms with Gasteiger partial charge < -0.3 is 4.90 Å². The zero-order valence-corrected chi connectivity index (χ0v) is 17.0. The zero-order chi connectivity index (χ0) is 20.7. The van der Waals surface area contributed by atoms with Gasteiger partial charge in [-0.3, -0.25) is 15.1 Å². The second kappa shape index (κ2) is 7.13. The van der Waals surface area contributed by atoms with Gasteiger partial charge in [-0.15, -0.1) is 0 Å². The van der Waals surface area contributed by atoms with Crippen molar-refractivity contribution in [1.82, 2.24) is 14.9 Å². The molecule has 6 nitrogen and oxygen atoms in total. The van der Waals surface area contributed by atoms with Crippen molar-refractivity contribution in [3.63, 3.8) is 0 Å². The highest BCUT2D eigenvalue weighted by Gasteiger charge is 2.35. The number of fused-ring (bicyclic) bond motifs is 1. The van der Waals surface area contributed by atoms with Crippen LogP contribution in [0.3, 0.4) is 0 Å². The van der Waals surface area contributed by atoms with Gasteiger partial charge in [0.05, 0.1) is 12.1 Å². The number of aromatic nitrogens is 2. The van der Waals surface area contributed by atoms with Crippen molar-refractivity contribution in [3.8, 4) is 11.4 Å². The predicted molar refractivity (Wildman–Crippen MR) is 115 cm³/mol. The van der Waals surface area contributed by atoms with Crippen LogP contribution in [0.15, 0.2) is 48.5 Å². The van der Waals surface area contributed by atoms with Gasteiger partial charge in [0.15, 0.2) is 5.82 Å². The number of amidine groups is 1. The van der Waals surface area contributed by atoms with E-state index in [1.165, 1.54) is 0 Å². The van der Waals surface area contributed by atoms with E-state index in [-0.39, 0.29) is 18.2 Å². The second-order valence-electron chi connectivity index (χ2n) is 7.50. The van der Waals surface area contributed by atoms with Crippen molar-refractivity contribution < 1.29 is 4.79 Å². The maximum atomic E-state index is 13.0. The van der Waals surface area contributed by atoms with Crippen LogP contribution in [0.25, 0.3) is 11.4 Å². The number of hydrogen-bond donors (Lipinski definition) is 1. The highest BCUT2D eigenvalue weighted by molar-refractivity contribution is 6.10. The highest BCUT2D eigenvalue weighted by Crippen LogP contribution is 2.38. The first-order valence-corrected chi connectivity index (χ1v) is 9.49. The average Bonchev–Trinajstić information content (AvgIpc) is 3.03. The minimum absolute atomic E-state index is 0.0579. The van der Waals surface area contributed by atoms with Crippen LogP contribution < -0.4 is 4.90 Å². The molecule has 1 aromatic heterocycles. The summed E-state index contributed by atoms with van der Waals surface area (Å²) in [6.07, 6.45) is 0.184. The SMILES string of the molecule is Cc1ccc(-c2nc(C(=N)N(C)C)c3c(n2)N(c2ccccc2C)C(=O)C3)cc1. The molecule has 0 bridgehead atoms. The molecule has 2 heterocycles. The molecule has 0 radical (unpaired) electrons. The summed E-state index contributed by atoms with van der Waals surface area (Å²) >= 11 is 0. The van der Waals surface area contributed by atoms with Gasteiger partial charge in [0.1, 0.15) is 17.3 Å². The summed E-state index contributed by atoms with van der Waals surface area (Å²) in [6.45, 7) is 4.00. The lowest BCUT2D eigenvalue weighted by molar-refractivity contribution is -0.116. The maximum absolute atomic E-state index is 13.0. The predicted octanol–water partition coefficient (Wildman–Crippen LogP) is 3.87. The third-order valence-electron chi connectivity index (χ3n) is 5.11. The van der Waals surface area contributed by atoms with Crippen LogP contribution in [-0.2, 0) is 11.2 Å². The second-order valence-corrected chi connectivity index (χ2v) is 7.50. The third kappa shape index (κ3) is 3.27. The molecular weight excluding hydrogens is 362 g/mol. The summed E-state index contributed by atoms with van der Waals surface area (Å²) in [4.78, 5) is 25.8. The molecule has 1 aliphatic rings. The molecule has 0 spiro atoms. The van der Waals surface area contributed by atoms with Crippen molar-refractivity contribution in [2.75, 3.05) is 19.0 Å². The Labute approximate surface area is 170 Å². The number of aryl methyl sites for hydroxylation is 2.